The lowest BCUT2D eigenvalue weighted by atomic mass is 9.97. The van der Waals surface area contributed by atoms with E-state index in [2.05, 4.69) is 257 Å². The Kier molecular flexibility index (Phi) is 9.06. The first-order valence-electron chi connectivity index (χ1n) is 24.4. The zero-order valence-electron chi connectivity index (χ0n) is 38.8. The lowest BCUT2D eigenvalue weighted by molar-refractivity contribution is 1.17. The van der Waals surface area contributed by atoms with E-state index >= 15 is 0 Å². The first kappa shape index (κ1) is 40.5. The summed E-state index contributed by atoms with van der Waals surface area (Å²) in [6.45, 7) is 0. The Morgan fingerprint density at radius 3 is 1.86 bits per heavy atom. The third kappa shape index (κ3) is 6.26. The molecule has 3 aromatic heterocycles. The maximum atomic E-state index is 5.28. The van der Waals surface area contributed by atoms with Crippen LogP contribution in [0.3, 0.4) is 0 Å². The summed E-state index contributed by atoms with van der Waals surface area (Å²) in [6.07, 6.45) is 4.36. The number of nitrogens with zero attached hydrogens (tertiary/aromatic N) is 5. The second kappa shape index (κ2) is 16.1. The first-order valence-corrected chi connectivity index (χ1v) is 25.2. The summed E-state index contributed by atoms with van der Waals surface area (Å²) in [5.74, 6) is 0.682. The maximum absolute atomic E-state index is 5.28. The minimum Gasteiger partial charge on any atom is -0.310 e. The molecule has 11 aromatic carbocycles. The highest BCUT2D eigenvalue weighted by molar-refractivity contribution is 7.26. The van der Waals surface area contributed by atoms with Gasteiger partial charge in [0, 0.05) is 98.4 Å². The molecule has 0 amide bonds. The van der Waals surface area contributed by atoms with Gasteiger partial charge in [-0.2, -0.15) is 0 Å². The number of hydrogen-bond donors (Lipinski definition) is 0. The highest BCUT2D eigenvalue weighted by atomic mass is 32.1. The van der Waals surface area contributed by atoms with Crippen LogP contribution in [0.25, 0.3) is 103 Å². The fraction of sp³-hybridized carbons (Fsp3) is 0. The van der Waals surface area contributed by atoms with E-state index in [9.17, 15) is 0 Å². The minimum absolute atomic E-state index is 0.682. The summed E-state index contributed by atoms with van der Waals surface area (Å²) in [5.41, 5.74) is 13.9. The van der Waals surface area contributed by atoms with Crippen LogP contribution in [-0.4, -0.2) is 14.5 Å². The molecule has 6 heteroatoms. The molecule has 5 nitrogen and oxygen atoms in total. The second-order valence-electron chi connectivity index (χ2n) is 18.6. The number of thiophene rings is 1. The highest BCUT2D eigenvalue weighted by Crippen LogP contribution is 2.50. The Bertz CT molecular complexity index is 4480. The first-order chi connectivity index (χ1) is 35.7. The second-order valence-corrected chi connectivity index (χ2v) is 19.6. The molecule has 1 aliphatic rings. The Hall–Kier alpha value is -9.36. The van der Waals surface area contributed by atoms with Crippen LogP contribution in [-0.2, 0) is 0 Å². The van der Waals surface area contributed by atoms with E-state index in [4.69, 9.17) is 9.97 Å². The van der Waals surface area contributed by atoms with Crippen LogP contribution in [0.1, 0.15) is 11.1 Å². The number of hydrogen-bond acceptors (Lipinski definition) is 5. The molecule has 14 aromatic rings. The van der Waals surface area contributed by atoms with Crippen molar-refractivity contribution in [1.82, 2.24) is 14.5 Å². The van der Waals surface area contributed by atoms with Gasteiger partial charge in [-0.25, -0.2) is 9.97 Å². The summed E-state index contributed by atoms with van der Waals surface area (Å²) in [7, 11) is 0. The molecular weight excluding hydrogens is 895 g/mol. The van der Waals surface area contributed by atoms with Crippen LogP contribution >= 0.6 is 11.3 Å². The Labute approximate surface area is 419 Å². The molecule has 0 bridgehead atoms. The topological polar surface area (TPSA) is 37.2 Å². The van der Waals surface area contributed by atoms with Gasteiger partial charge in [0.1, 0.15) is 0 Å². The Morgan fingerprint density at radius 2 is 1.06 bits per heavy atom. The van der Waals surface area contributed by atoms with E-state index in [1.54, 1.807) is 0 Å². The Morgan fingerprint density at radius 1 is 0.417 bits per heavy atom. The zero-order valence-corrected chi connectivity index (χ0v) is 39.6. The van der Waals surface area contributed by atoms with Crippen LogP contribution < -0.4 is 9.80 Å². The van der Waals surface area contributed by atoms with Crippen LogP contribution in [0, 0.1) is 0 Å². The Balaban J connectivity index is 1.03. The van der Waals surface area contributed by atoms with E-state index in [0.717, 1.165) is 78.2 Å². The van der Waals surface area contributed by atoms with Crippen molar-refractivity contribution in [2.75, 3.05) is 9.80 Å². The van der Waals surface area contributed by atoms with Crippen molar-refractivity contribution in [3.05, 3.63) is 254 Å². The van der Waals surface area contributed by atoms with E-state index in [-0.39, 0.29) is 0 Å². The van der Waals surface area contributed by atoms with Crippen LogP contribution in [0.4, 0.5) is 28.4 Å². The number of aromatic nitrogens is 3. The van der Waals surface area contributed by atoms with Crippen molar-refractivity contribution < 1.29 is 0 Å². The predicted octanol–water partition coefficient (Wildman–Crippen LogP) is 18.2. The highest BCUT2D eigenvalue weighted by Gasteiger charge is 2.29. The maximum Gasteiger partial charge on any atom is 0.159 e. The molecule has 0 radical (unpaired) electrons. The van der Waals surface area contributed by atoms with Gasteiger partial charge in [-0.05, 0) is 102 Å². The molecule has 0 saturated carbocycles. The fourth-order valence-electron chi connectivity index (χ4n) is 11.3. The van der Waals surface area contributed by atoms with E-state index < -0.39 is 0 Å². The number of benzene rings is 11. The predicted molar refractivity (Wildman–Crippen MR) is 305 cm³/mol. The van der Waals surface area contributed by atoms with Crippen LogP contribution in [0.2, 0.25) is 0 Å². The molecule has 4 heterocycles. The average molecular weight is 936 g/mol. The summed E-state index contributed by atoms with van der Waals surface area (Å²) < 4.78 is 5.14. The van der Waals surface area contributed by atoms with Crippen molar-refractivity contribution in [2.45, 2.75) is 0 Å². The molecule has 72 heavy (non-hydrogen) atoms. The lowest BCUT2D eigenvalue weighted by Crippen LogP contribution is -2.16. The van der Waals surface area contributed by atoms with Crippen molar-refractivity contribution in [3.8, 4) is 17.1 Å². The van der Waals surface area contributed by atoms with Gasteiger partial charge >= 0.3 is 0 Å². The van der Waals surface area contributed by atoms with E-state index in [1.165, 1.54) is 52.8 Å². The molecule has 15 rings (SSSR count). The molecule has 0 atom stereocenters. The monoisotopic (exact) mass is 935 g/mol. The third-order valence-electron chi connectivity index (χ3n) is 14.5. The lowest BCUT2D eigenvalue weighted by Gasteiger charge is -2.29. The molecule has 0 N–H and O–H groups in total. The summed E-state index contributed by atoms with van der Waals surface area (Å²) in [4.78, 5) is 15.0. The number of para-hydroxylation sites is 4. The molecule has 0 aliphatic carbocycles. The molecule has 0 spiro atoms. The van der Waals surface area contributed by atoms with Gasteiger partial charge in [0.15, 0.2) is 5.82 Å². The summed E-state index contributed by atoms with van der Waals surface area (Å²) >= 11 is 1.87. The van der Waals surface area contributed by atoms with Crippen molar-refractivity contribution in [3.63, 3.8) is 0 Å². The van der Waals surface area contributed by atoms with Crippen molar-refractivity contribution >= 4 is 126 Å². The molecule has 336 valence electrons. The molecule has 0 unspecified atom stereocenters. The van der Waals surface area contributed by atoms with Crippen molar-refractivity contribution in [1.29, 1.82) is 0 Å². The average Bonchev–Trinajstić information content (AvgIpc) is 3.96. The smallest absolute Gasteiger partial charge is 0.159 e. The number of fused-ring (bicyclic) bond motifs is 14. The quantitative estimate of drug-likeness (QED) is 0.149. The fourth-order valence-corrected chi connectivity index (χ4v) is 12.5. The number of rotatable bonds is 7. The largest absolute Gasteiger partial charge is 0.310 e. The molecule has 1 aliphatic heterocycles. The zero-order chi connectivity index (χ0) is 47.3. The number of anilines is 5. The van der Waals surface area contributed by atoms with Crippen LogP contribution in [0.15, 0.2) is 243 Å². The van der Waals surface area contributed by atoms with Gasteiger partial charge < -0.3 is 14.4 Å². The van der Waals surface area contributed by atoms with Gasteiger partial charge in [-0.15, -0.1) is 11.3 Å². The van der Waals surface area contributed by atoms with Crippen LogP contribution in [0.5, 0.6) is 0 Å². The third-order valence-corrected chi connectivity index (χ3v) is 15.6. The standard InChI is InChI=1S/C66H41N5S/c1-4-18-47(19-5-1)69(48-20-6-2-7-21-48)51-34-36-56-46(39-51)40-58(53-27-15-28-55-62-57(71(56)65(53)55)35-32-43-33-37-60-63(61(43)62)54-26-12-13-29-59(54)72-60)70(49-22-8-3-9-23-49)50-24-14-17-44(38-50)66-67-41-45-31-30-42-16-10-11-25-52(42)64(45)68-66/h1-41H. The van der Waals surface area contributed by atoms with Gasteiger partial charge in [-0.1, -0.05) is 152 Å². The van der Waals surface area contributed by atoms with Gasteiger partial charge in [0.2, 0.25) is 0 Å². The molecule has 0 saturated heterocycles. The minimum atomic E-state index is 0.682. The summed E-state index contributed by atoms with van der Waals surface area (Å²) in [6, 6.07) is 85.6. The van der Waals surface area contributed by atoms with Crippen molar-refractivity contribution in [2.24, 2.45) is 0 Å². The van der Waals surface area contributed by atoms with E-state index in [0.29, 0.717) is 5.82 Å². The SMILES string of the molecule is C1=C(N(c2ccccc2)c2cccc(-c3ncc4ccc5ccccc5c4n3)c2)c2cccc3c4c5c(ccc6sc7ccccc7c65)ccc4n(c23)-c2ccc(N(c3ccccc3)c3ccccc3)cc21. The van der Waals surface area contributed by atoms with Gasteiger partial charge in [0.05, 0.1) is 27.9 Å². The van der Waals surface area contributed by atoms with Gasteiger partial charge in [0.25, 0.3) is 0 Å². The normalized spacial score (nSPS) is 12.2. The summed E-state index contributed by atoms with van der Waals surface area (Å²) in [5, 5.41) is 10.9. The van der Waals surface area contributed by atoms with E-state index in [1.807, 2.05) is 17.5 Å². The molecule has 0 fully saturated rings. The van der Waals surface area contributed by atoms with Gasteiger partial charge in [-0.3, -0.25) is 0 Å². The molecular formula is C66H41N5S.